The second-order valence-corrected chi connectivity index (χ2v) is 8.38. The van der Waals surface area contributed by atoms with E-state index in [1.807, 2.05) is 0 Å². The van der Waals surface area contributed by atoms with Gasteiger partial charge in [0.1, 0.15) is 29.7 Å². The highest BCUT2D eigenvalue weighted by molar-refractivity contribution is 7.15. The number of phenolic OH excluding ortho intramolecular Hbond substituents is 1. The number of fused-ring (bicyclic) bond motifs is 1. The van der Waals surface area contributed by atoms with Crippen LogP contribution in [0, 0.1) is 6.92 Å². The van der Waals surface area contributed by atoms with Crippen LogP contribution in [0.4, 0.5) is 5.13 Å². The molecule has 0 spiro atoms. The van der Waals surface area contributed by atoms with Crippen LogP contribution in [0.25, 0.3) is 5.76 Å². The van der Waals surface area contributed by atoms with Crippen LogP contribution >= 0.6 is 11.3 Å². The third kappa shape index (κ3) is 3.25. The van der Waals surface area contributed by atoms with Crippen LogP contribution in [0.2, 0.25) is 0 Å². The molecule has 1 atom stereocenters. The lowest BCUT2D eigenvalue weighted by atomic mass is 9.95. The van der Waals surface area contributed by atoms with E-state index in [0.29, 0.717) is 40.8 Å². The molecule has 1 amide bonds. The van der Waals surface area contributed by atoms with Gasteiger partial charge < -0.3 is 19.7 Å². The van der Waals surface area contributed by atoms with Gasteiger partial charge in [0.05, 0.1) is 11.6 Å². The lowest BCUT2D eigenvalue weighted by Crippen LogP contribution is -2.29. The fourth-order valence-electron chi connectivity index (χ4n) is 3.73. The second-order valence-electron chi connectivity index (χ2n) is 7.22. The lowest BCUT2D eigenvalue weighted by molar-refractivity contribution is -0.132. The van der Waals surface area contributed by atoms with Crippen molar-refractivity contribution >= 4 is 33.9 Å². The minimum Gasteiger partial charge on any atom is -0.508 e. The third-order valence-electron chi connectivity index (χ3n) is 5.19. The summed E-state index contributed by atoms with van der Waals surface area (Å²) in [6.07, 6.45) is 0. The van der Waals surface area contributed by atoms with E-state index in [0.717, 1.165) is 11.3 Å². The smallest absolute Gasteiger partial charge is 0.301 e. The third-order valence-corrected chi connectivity index (χ3v) is 6.03. The molecule has 162 valence electrons. The molecule has 2 aliphatic rings. The summed E-state index contributed by atoms with van der Waals surface area (Å²) < 4.78 is 11.1. The fraction of sp³-hybridized carbons (Fsp3) is 0.182. The van der Waals surface area contributed by atoms with E-state index in [9.17, 15) is 19.8 Å². The van der Waals surface area contributed by atoms with Crippen LogP contribution in [0.3, 0.4) is 0 Å². The van der Waals surface area contributed by atoms with Crippen LogP contribution in [0.15, 0.2) is 48.0 Å². The number of ether oxygens (including phenoxy) is 2. The Balaban J connectivity index is 1.69. The second kappa shape index (κ2) is 7.65. The molecule has 1 saturated heterocycles. The van der Waals surface area contributed by atoms with Gasteiger partial charge in [-0.2, -0.15) is 0 Å². The predicted octanol–water partition coefficient (Wildman–Crippen LogP) is 2.95. The van der Waals surface area contributed by atoms with Gasteiger partial charge in [0.2, 0.25) is 5.13 Å². The number of anilines is 1. The van der Waals surface area contributed by atoms with Gasteiger partial charge in [0.15, 0.2) is 11.5 Å². The molecule has 0 radical (unpaired) electrons. The van der Waals surface area contributed by atoms with Gasteiger partial charge in [0, 0.05) is 5.56 Å². The highest BCUT2D eigenvalue weighted by Crippen LogP contribution is 2.44. The van der Waals surface area contributed by atoms with E-state index >= 15 is 0 Å². The monoisotopic (exact) mass is 451 g/mol. The standard InChI is InChI=1S/C22H17N3O6S/c1-11-23-24-22(32-11)25-18(12-2-5-14(26)6-3-12)17(20(28)21(25)29)19(27)13-4-7-15-16(10-13)31-9-8-30-15/h2-7,10,18,26-27H,8-9H2,1H3. The normalized spacial score (nSPS) is 19.4. The first-order valence-corrected chi connectivity index (χ1v) is 10.6. The Kier molecular flexibility index (Phi) is 4.78. The minimum atomic E-state index is -0.948. The Morgan fingerprint density at radius 3 is 2.47 bits per heavy atom. The van der Waals surface area contributed by atoms with Gasteiger partial charge >= 0.3 is 5.91 Å². The Morgan fingerprint density at radius 1 is 1.06 bits per heavy atom. The molecule has 32 heavy (non-hydrogen) atoms. The number of amides is 1. The van der Waals surface area contributed by atoms with Crippen molar-refractivity contribution in [2.24, 2.45) is 0 Å². The molecule has 10 heteroatoms. The van der Waals surface area contributed by atoms with Gasteiger partial charge in [-0.25, -0.2) is 0 Å². The summed E-state index contributed by atoms with van der Waals surface area (Å²) in [7, 11) is 0. The molecule has 5 rings (SSSR count). The molecule has 2 N–H and O–H groups in total. The van der Waals surface area contributed by atoms with E-state index in [1.54, 1.807) is 37.3 Å². The van der Waals surface area contributed by atoms with Crippen LogP contribution < -0.4 is 14.4 Å². The van der Waals surface area contributed by atoms with E-state index in [4.69, 9.17) is 9.47 Å². The summed E-state index contributed by atoms with van der Waals surface area (Å²) in [5, 5.41) is 29.7. The Hall–Kier alpha value is -3.92. The molecule has 2 aliphatic heterocycles. The maximum Gasteiger partial charge on any atom is 0.301 e. The highest BCUT2D eigenvalue weighted by atomic mass is 32.1. The quantitative estimate of drug-likeness (QED) is 0.354. The average Bonchev–Trinajstić information content (AvgIpc) is 3.34. The van der Waals surface area contributed by atoms with Gasteiger partial charge in [-0.3, -0.25) is 14.5 Å². The molecule has 1 unspecified atom stereocenters. The first kappa shape index (κ1) is 20.0. The molecular weight excluding hydrogens is 434 g/mol. The number of aryl methyl sites for hydroxylation is 1. The first-order chi connectivity index (χ1) is 15.4. The molecule has 1 aromatic heterocycles. The highest BCUT2D eigenvalue weighted by Gasteiger charge is 2.48. The Morgan fingerprint density at radius 2 is 1.78 bits per heavy atom. The summed E-state index contributed by atoms with van der Waals surface area (Å²) in [6, 6.07) is 9.93. The molecular formula is C22H17N3O6S. The zero-order valence-corrected chi connectivity index (χ0v) is 17.6. The van der Waals surface area contributed by atoms with Crippen LogP contribution in [-0.4, -0.2) is 45.3 Å². The lowest BCUT2D eigenvalue weighted by Gasteiger charge is -2.23. The number of aromatic nitrogens is 2. The van der Waals surface area contributed by atoms with Crippen LogP contribution in [0.5, 0.6) is 17.2 Å². The Labute approximate surface area is 186 Å². The number of phenols is 1. The van der Waals surface area contributed by atoms with Crippen molar-refractivity contribution in [3.05, 3.63) is 64.2 Å². The number of carbonyl (C=O) groups is 2. The molecule has 1 fully saturated rings. The van der Waals surface area contributed by atoms with Crippen LogP contribution in [-0.2, 0) is 9.59 Å². The summed E-state index contributed by atoms with van der Waals surface area (Å²) in [4.78, 5) is 27.3. The number of Topliss-reactive ketones (excluding diaryl/α,β-unsaturated/α-hetero) is 1. The van der Waals surface area contributed by atoms with Gasteiger partial charge in [-0.05, 0) is 42.8 Å². The summed E-state index contributed by atoms with van der Waals surface area (Å²) >= 11 is 1.16. The fourth-order valence-corrected chi connectivity index (χ4v) is 4.45. The zero-order valence-electron chi connectivity index (χ0n) is 16.8. The van der Waals surface area contributed by atoms with Crippen molar-refractivity contribution in [1.82, 2.24) is 10.2 Å². The number of carbonyl (C=O) groups excluding carboxylic acids is 2. The van der Waals surface area contributed by atoms with Crippen molar-refractivity contribution < 1.29 is 29.3 Å². The largest absolute Gasteiger partial charge is 0.508 e. The van der Waals surface area contributed by atoms with Gasteiger partial charge in [0.25, 0.3) is 5.78 Å². The van der Waals surface area contributed by atoms with Crippen molar-refractivity contribution in [2.45, 2.75) is 13.0 Å². The maximum atomic E-state index is 13.1. The van der Waals surface area contributed by atoms with Gasteiger partial charge in [-0.15, -0.1) is 10.2 Å². The molecule has 2 aromatic carbocycles. The summed E-state index contributed by atoms with van der Waals surface area (Å²) in [5.74, 6) is -1.00. The number of aliphatic hydroxyl groups is 1. The van der Waals surface area contributed by atoms with E-state index in [2.05, 4.69) is 10.2 Å². The molecule has 9 nitrogen and oxygen atoms in total. The van der Waals surface area contributed by atoms with E-state index in [-0.39, 0.29) is 22.2 Å². The number of aliphatic hydroxyl groups excluding tert-OH is 1. The molecule has 0 aliphatic carbocycles. The van der Waals surface area contributed by atoms with Crippen molar-refractivity contribution in [1.29, 1.82) is 0 Å². The molecule has 3 aromatic rings. The zero-order chi connectivity index (χ0) is 22.4. The average molecular weight is 451 g/mol. The predicted molar refractivity (Wildman–Crippen MR) is 115 cm³/mol. The molecule has 0 saturated carbocycles. The minimum absolute atomic E-state index is 0.0318. The maximum absolute atomic E-state index is 13.1. The topological polar surface area (TPSA) is 122 Å². The number of rotatable bonds is 3. The summed E-state index contributed by atoms with van der Waals surface area (Å²) in [6.45, 7) is 2.53. The summed E-state index contributed by atoms with van der Waals surface area (Å²) in [5.41, 5.74) is 0.739. The molecule has 0 bridgehead atoms. The number of hydrogen-bond donors (Lipinski definition) is 2. The first-order valence-electron chi connectivity index (χ1n) is 9.74. The van der Waals surface area contributed by atoms with Gasteiger partial charge in [-0.1, -0.05) is 23.5 Å². The number of aromatic hydroxyl groups is 1. The van der Waals surface area contributed by atoms with Crippen LogP contribution in [0.1, 0.15) is 22.2 Å². The SMILES string of the molecule is Cc1nnc(N2C(=O)C(=O)C(=C(O)c3ccc4c(c3)OCCO4)C2c2ccc(O)cc2)s1. The Bertz CT molecular complexity index is 1270. The number of benzene rings is 2. The van der Waals surface area contributed by atoms with Crippen molar-refractivity contribution in [2.75, 3.05) is 18.1 Å². The van der Waals surface area contributed by atoms with Crippen molar-refractivity contribution in [3.8, 4) is 17.2 Å². The number of hydrogen-bond acceptors (Lipinski definition) is 9. The number of nitrogens with zero attached hydrogens (tertiary/aromatic N) is 3. The van der Waals surface area contributed by atoms with Crippen molar-refractivity contribution in [3.63, 3.8) is 0 Å². The number of ketones is 1. The molecule has 3 heterocycles. The van der Waals surface area contributed by atoms with E-state index in [1.165, 1.54) is 17.0 Å². The van der Waals surface area contributed by atoms with E-state index < -0.39 is 17.7 Å².